The molecule has 7 heavy (non-hydrogen) atoms. The van der Waals surface area contributed by atoms with E-state index in [4.69, 9.17) is 17.0 Å². The van der Waals surface area contributed by atoms with Gasteiger partial charge >= 0.3 is 0 Å². The molecule has 0 aliphatic rings. The Morgan fingerprint density at radius 3 is 2.43 bits per heavy atom. The molecule has 0 aromatic carbocycles. The van der Waals surface area contributed by atoms with E-state index < -0.39 is 0 Å². The van der Waals surface area contributed by atoms with Crippen LogP contribution in [0.2, 0.25) is 0 Å². The molecule has 0 heterocycles. The van der Waals surface area contributed by atoms with Crippen LogP contribution in [-0.4, -0.2) is 18.1 Å². The fourth-order valence-electron chi connectivity index (χ4n) is 0.246. The molecule has 0 amide bonds. The average molecular weight is 118 g/mol. The molecule has 0 fully saturated rings. The van der Waals surface area contributed by atoms with Crippen LogP contribution in [0.25, 0.3) is 0 Å². The van der Waals surface area contributed by atoms with Gasteiger partial charge in [0.1, 0.15) is 0 Å². The van der Waals surface area contributed by atoms with Crippen LogP contribution in [0.5, 0.6) is 0 Å². The van der Waals surface area contributed by atoms with Gasteiger partial charge in [-0.1, -0.05) is 12.2 Å². The van der Waals surface area contributed by atoms with Gasteiger partial charge in [-0.15, -0.1) is 0 Å². The van der Waals surface area contributed by atoms with Gasteiger partial charge in [0.05, 0.1) is 6.61 Å². The van der Waals surface area contributed by atoms with E-state index in [-0.39, 0.29) is 0 Å². The minimum atomic E-state index is 0.631. The van der Waals surface area contributed by atoms with Crippen molar-refractivity contribution in [1.82, 2.24) is 0 Å². The minimum absolute atomic E-state index is 0.631. The quantitative estimate of drug-likeness (QED) is 0.518. The van der Waals surface area contributed by atoms with E-state index in [1.54, 1.807) is 0 Å². The molecular weight excluding hydrogens is 108 g/mol. The minimum Gasteiger partial charge on any atom is -0.377 e. The molecule has 0 atom stereocenters. The van der Waals surface area contributed by atoms with E-state index in [1.165, 1.54) is 0 Å². The lowest BCUT2D eigenvalue weighted by Gasteiger charge is -1.94. The molecule has 0 N–H and O–H groups in total. The molecule has 0 aliphatic heterocycles. The van der Waals surface area contributed by atoms with Crippen LogP contribution in [0.4, 0.5) is 0 Å². The second-order valence-electron chi connectivity index (χ2n) is 1.34. The fraction of sp³-hybridized carbons (Fsp3) is 0.800. The maximum Gasteiger partial charge on any atom is 0.0776 e. The fourth-order valence-corrected chi connectivity index (χ4v) is 0.329. The van der Waals surface area contributed by atoms with Crippen molar-refractivity contribution in [2.45, 2.75) is 13.8 Å². The maximum atomic E-state index is 4.95. The molecule has 0 aromatic heterocycles. The summed E-state index contributed by atoms with van der Waals surface area (Å²) in [4.78, 5) is 0.918. The summed E-state index contributed by atoms with van der Waals surface area (Å²) in [7, 11) is 0. The van der Waals surface area contributed by atoms with Gasteiger partial charge < -0.3 is 4.74 Å². The number of rotatable bonds is 3. The third-order valence-corrected chi connectivity index (χ3v) is 0.627. The predicted molar refractivity (Wildman–Crippen MR) is 34.8 cm³/mol. The molecule has 42 valence electrons. The molecule has 1 nitrogen and oxygen atoms in total. The zero-order valence-corrected chi connectivity index (χ0v) is 5.55. The number of hydrogen-bond acceptors (Lipinski definition) is 2. The summed E-state index contributed by atoms with van der Waals surface area (Å²) in [6.07, 6.45) is 0. The zero-order valence-electron chi connectivity index (χ0n) is 4.73. The van der Waals surface area contributed by atoms with Crippen LogP contribution in [0.15, 0.2) is 0 Å². The van der Waals surface area contributed by atoms with Crippen LogP contribution in [0.1, 0.15) is 13.8 Å². The Balaban J connectivity index is 2.82. The van der Waals surface area contributed by atoms with Crippen LogP contribution in [0, 0.1) is 0 Å². The Bertz CT molecular complexity index is 61.1. The van der Waals surface area contributed by atoms with Crippen molar-refractivity contribution < 1.29 is 4.74 Å². The Morgan fingerprint density at radius 2 is 2.29 bits per heavy atom. The number of thiocarbonyl (C=S) groups is 1. The standard InChI is InChI=1S/C5H10OS/c1-3-6-4-5(2)7/h3-4H2,1-2H3. The van der Waals surface area contributed by atoms with Gasteiger partial charge in [0, 0.05) is 11.5 Å². The first kappa shape index (κ1) is 7.05. The van der Waals surface area contributed by atoms with Crippen molar-refractivity contribution in [3.8, 4) is 0 Å². The first-order valence-electron chi connectivity index (χ1n) is 2.34. The van der Waals surface area contributed by atoms with E-state index >= 15 is 0 Å². The van der Waals surface area contributed by atoms with Crippen molar-refractivity contribution in [3.05, 3.63) is 0 Å². The average Bonchev–Trinajstić information content (AvgIpc) is 1.61. The van der Waals surface area contributed by atoms with E-state index in [0.29, 0.717) is 6.61 Å². The second kappa shape index (κ2) is 4.22. The highest BCUT2D eigenvalue weighted by Crippen LogP contribution is 1.76. The highest BCUT2D eigenvalue weighted by Gasteiger charge is 1.82. The lowest BCUT2D eigenvalue weighted by molar-refractivity contribution is 0.188. The molecule has 0 radical (unpaired) electrons. The van der Waals surface area contributed by atoms with Crippen molar-refractivity contribution in [1.29, 1.82) is 0 Å². The maximum absolute atomic E-state index is 4.95. The first-order valence-corrected chi connectivity index (χ1v) is 2.75. The smallest absolute Gasteiger partial charge is 0.0776 e. The second-order valence-corrected chi connectivity index (χ2v) is 2.04. The van der Waals surface area contributed by atoms with Crippen LogP contribution in [0.3, 0.4) is 0 Å². The summed E-state index contributed by atoms with van der Waals surface area (Å²) in [6.45, 7) is 5.23. The topological polar surface area (TPSA) is 9.23 Å². The van der Waals surface area contributed by atoms with E-state index in [2.05, 4.69) is 0 Å². The number of hydrogen-bond donors (Lipinski definition) is 0. The van der Waals surface area contributed by atoms with E-state index in [1.807, 2.05) is 13.8 Å². The highest BCUT2D eigenvalue weighted by atomic mass is 32.1. The largest absolute Gasteiger partial charge is 0.377 e. The molecule has 0 saturated heterocycles. The predicted octanol–water partition coefficient (Wildman–Crippen LogP) is 1.41. The van der Waals surface area contributed by atoms with Crippen molar-refractivity contribution in [2.75, 3.05) is 13.2 Å². The lowest BCUT2D eigenvalue weighted by Crippen LogP contribution is -2.00. The molecule has 0 spiro atoms. The molecule has 2 heteroatoms. The summed E-state index contributed by atoms with van der Waals surface area (Å²) in [5.74, 6) is 0. The lowest BCUT2D eigenvalue weighted by atomic mass is 10.5. The first-order chi connectivity index (χ1) is 3.27. The third-order valence-electron chi connectivity index (χ3n) is 0.509. The summed E-state index contributed by atoms with van der Waals surface area (Å²) < 4.78 is 4.95. The molecule has 0 aromatic rings. The van der Waals surface area contributed by atoms with E-state index in [9.17, 15) is 0 Å². The highest BCUT2D eigenvalue weighted by molar-refractivity contribution is 7.80. The molecular formula is C5H10OS. The summed E-state index contributed by atoms with van der Waals surface area (Å²) in [5.41, 5.74) is 0. The molecule has 0 rings (SSSR count). The van der Waals surface area contributed by atoms with Crippen LogP contribution < -0.4 is 0 Å². The Kier molecular flexibility index (Phi) is 4.25. The van der Waals surface area contributed by atoms with Crippen molar-refractivity contribution >= 4 is 17.1 Å². The molecule has 0 unspecified atom stereocenters. The normalized spacial score (nSPS) is 8.86. The third kappa shape index (κ3) is 6.05. The summed E-state index contributed by atoms with van der Waals surface area (Å²) in [5, 5.41) is 0. The van der Waals surface area contributed by atoms with E-state index in [0.717, 1.165) is 11.5 Å². The Morgan fingerprint density at radius 1 is 1.71 bits per heavy atom. The monoisotopic (exact) mass is 118 g/mol. The van der Waals surface area contributed by atoms with Gasteiger partial charge in [-0.3, -0.25) is 0 Å². The van der Waals surface area contributed by atoms with Crippen molar-refractivity contribution in [2.24, 2.45) is 0 Å². The van der Waals surface area contributed by atoms with Crippen LogP contribution >= 0.6 is 12.2 Å². The molecule has 0 bridgehead atoms. The van der Waals surface area contributed by atoms with Gasteiger partial charge in [0.2, 0.25) is 0 Å². The van der Waals surface area contributed by atoms with Crippen molar-refractivity contribution in [3.63, 3.8) is 0 Å². The SMILES string of the molecule is CCOCC(C)=S. The van der Waals surface area contributed by atoms with Gasteiger partial charge in [0.15, 0.2) is 0 Å². The Hall–Kier alpha value is 0.0500. The summed E-state index contributed by atoms with van der Waals surface area (Å²) >= 11 is 4.74. The van der Waals surface area contributed by atoms with Gasteiger partial charge in [0.25, 0.3) is 0 Å². The van der Waals surface area contributed by atoms with Gasteiger partial charge in [-0.25, -0.2) is 0 Å². The van der Waals surface area contributed by atoms with Gasteiger partial charge in [-0.05, 0) is 13.8 Å². The Labute approximate surface area is 49.7 Å². The molecule has 0 saturated carbocycles. The molecule has 0 aliphatic carbocycles. The number of ether oxygens (including phenoxy) is 1. The van der Waals surface area contributed by atoms with Crippen LogP contribution in [-0.2, 0) is 4.74 Å². The zero-order chi connectivity index (χ0) is 5.70. The van der Waals surface area contributed by atoms with Gasteiger partial charge in [-0.2, -0.15) is 0 Å². The summed E-state index contributed by atoms with van der Waals surface area (Å²) in [6, 6.07) is 0.